The lowest BCUT2D eigenvalue weighted by Gasteiger charge is -2.17. The molecule has 1 aliphatic rings. The smallest absolute Gasteiger partial charge is 0.266 e. The van der Waals surface area contributed by atoms with E-state index < -0.39 is 0 Å². The number of hydrogen-bond donors (Lipinski definition) is 1. The van der Waals surface area contributed by atoms with Gasteiger partial charge in [0.15, 0.2) is 0 Å². The van der Waals surface area contributed by atoms with Gasteiger partial charge in [-0.1, -0.05) is 36.4 Å². The van der Waals surface area contributed by atoms with Gasteiger partial charge < -0.3 is 5.32 Å². The molecule has 0 saturated heterocycles. The van der Waals surface area contributed by atoms with Crippen LogP contribution < -0.4 is 10.9 Å². The molecule has 0 aliphatic carbocycles. The molecule has 4 heteroatoms. The molecule has 0 saturated carbocycles. The first-order valence-electron chi connectivity index (χ1n) is 8.18. The van der Waals surface area contributed by atoms with Crippen LogP contribution >= 0.6 is 0 Å². The first kappa shape index (κ1) is 14.7. The van der Waals surface area contributed by atoms with E-state index in [2.05, 4.69) is 23.3 Å². The molecule has 2 aromatic carbocycles. The molecule has 0 spiro atoms. The lowest BCUT2D eigenvalue weighted by atomic mass is 10.0. The Hall–Kier alpha value is -2.88. The van der Waals surface area contributed by atoms with Crippen LogP contribution in [0.3, 0.4) is 0 Å². The highest BCUT2D eigenvalue weighted by Crippen LogP contribution is 2.29. The second-order valence-corrected chi connectivity index (χ2v) is 6.19. The minimum absolute atomic E-state index is 0.0299. The number of aromatic nitrogens is 1. The van der Waals surface area contributed by atoms with Crippen molar-refractivity contribution >= 4 is 22.3 Å². The zero-order valence-corrected chi connectivity index (χ0v) is 13.8. The van der Waals surface area contributed by atoms with Gasteiger partial charge in [0.1, 0.15) is 0 Å². The molecule has 3 aromatic rings. The Bertz CT molecular complexity index is 1000. The minimum atomic E-state index is -0.0299. The van der Waals surface area contributed by atoms with E-state index in [-0.39, 0.29) is 11.6 Å². The van der Waals surface area contributed by atoms with Gasteiger partial charge in [0.25, 0.3) is 5.56 Å². The summed E-state index contributed by atoms with van der Waals surface area (Å²) in [7, 11) is 0. The molecule has 4 rings (SSSR count). The van der Waals surface area contributed by atoms with Gasteiger partial charge >= 0.3 is 0 Å². The number of rotatable bonds is 1. The van der Waals surface area contributed by atoms with Crippen molar-refractivity contribution in [1.82, 2.24) is 4.57 Å². The third kappa shape index (κ3) is 2.22. The van der Waals surface area contributed by atoms with Crippen molar-refractivity contribution in [3.63, 3.8) is 0 Å². The Morgan fingerprint density at radius 3 is 2.58 bits per heavy atom. The summed E-state index contributed by atoms with van der Waals surface area (Å²) in [6, 6.07) is 17.9. The predicted octanol–water partition coefficient (Wildman–Crippen LogP) is 3.61. The van der Waals surface area contributed by atoms with Gasteiger partial charge in [0.2, 0.25) is 0 Å². The molecular weight excluding hydrogens is 298 g/mol. The zero-order valence-electron chi connectivity index (χ0n) is 13.8. The van der Waals surface area contributed by atoms with Gasteiger partial charge in [-0.2, -0.15) is 0 Å². The van der Waals surface area contributed by atoms with E-state index in [0.29, 0.717) is 5.56 Å². The molecule has 24 heavy (non-hydrogen) atoms. The fraction of sp³-hybridized carbons (Fsp3) is 0.200. The van der Waals surface area contributed by atoms with E-state index in [0.717, 1.165) is 34.5 Å². The monoisotopic (exact) mass is 317 g/mol. The highest BCUT2D eigenvalue weighted by Gasteiger charge is 2.22. The Labute approximate surface area is 140 Å². The maximum atomic E-state index is 13.3. The normalized spacial score (nSPS) is 16.9. The summed E-state index contributed by atoms with van der Waals surface area (Å²) < 4.78 is 1.78. The summed E-state index contributed by atoms with van der Waals surface area (Å²) in [5, 5.41) is 4.48. The van der Waals surface area contributed by atoms with Crippen molar-refractivity contribution in [3.8, 4) is 5.69 Å². The summed E-state index contributed by atoms with van der Waals surface area (Å²) in [5.74, 6) is 0. The standard InChI is InChI=1S/C20H19N3O/c1-13-12-21-19-16-10-6-7-11-17(16)23(15-8-4-3-5-9-15)20(24)18(19)14(2)22-13/h3-11,13,21H,12H2,1-2H3/t13-/m0/s1. The number of anilines is 1. The van der Waals surface area contributed by atoms with Crippen LogP contribution in [0.15, 0.2) is 64.4 Å². The van der Waals surface area contributed by atoms with Gasteiger partial charge in [0.05, 0.1) is 22.8 Å². The van der Waals surface area contributed by atoms with E-state index in [4.69, 9.17) is 0 Å². The van der Waals surface area contributed by atoms with E-state index in [1.165, 1.54) is 0 Å². The number of pyridine rings is 1. The largest absolute Gasteiger partial charge is 0.382 e. The minimum Gasteiger partial charge on any atom is -0.382 e. The molecule has 0 radical (unpaired) electrons. The zero-order chi connectivity index (χ0) is 16.7. The molecule has 0 bridgehead atoms. The number of nitrogens with zero attached hydrogens (tertiary/aromatic N) is 2. The lowest BCUT2D eigenvalue weighted by Crippen LogP contribution is -2.26. The molecule has 1 aromatic heterocycles. The van der Waals surface area contributed by atoms with Crippen LogP contribution in [0.25, 0.3) is 16.6 Å². The van der Waals surface area contributed by atoms with Crippen molar-refractivity contribution in [2.24, 2.45) is 4.99 Å². The second-order valence-electron chi connectivity index (χ2n) is 6.19. The summed E-state index contributed by atoms with van der Waals surface area (Å²) in [4.78, 5) is 18.0. The Morgan fingerprint density at radius 2 is 1.79 bits per heavy atom. The Morgan fingerprint density at radius 1 is 1.08 bits per heavy atom. The average molecular weight is 317 g/mol. The van der Waals surface area contributed by atoms with E-state index in [1.54, 1.807) is 4.57 Å². The van der Waals surface area contributed by atoms with Gasteiger partial charge in [-0.05, 0) is 32.0 Å². The highest BCUT2D eigenvalue weighted by atomic mass is 16.1. The first-order chi connectivity index (χ1) is 11.7. The van der Waals surface area contributed by atoms with Gasteiger partial charge in [-0.25, -0.2) is 0 Å². The predicted molar refractivity (Wildman–Crippen MR) is 99.7 cm³/mol. The summed E-state index contributed by atoms with van der Waals surface area (Å²) in [6.45, 7) is 4.71. The molecule has 0 amide bonds. The van der Waals surface area contributed by atoms with Crippen LogP contribution in [0.1, 0.15) is 19.4 Å². The van der Waals surface area contributed by atoms with E-state index in [9.17, 15) is 4.79 Å². The third-order valence-corrected chi connectivity index (χ3v) is 4.45. The van der Waals surface area contributed by atoms with Crippen LogP contribution in [0.5, 0.6) is 0 Å². The summed E-state index contributed by atoms with van der Waals surface area (Å²) >= 11 is 0. The average Bonchev–Trinajstić information content (AvgIpc) is 2.74. The van der Waals surface area contributed by atoms with Gasteiger partial charge in [-0.15, -0.1) is 0 Å². The van der Waals surface area contributed by atoms with Crippen LogP contribution in [-0.4, -0.2) is 22.9 Å². The fourth-order valence-electron chi connectivity index (χ4n) is 3.39. The quantitative estimate of drug-likeness (QED) is 0.745. The molecule has 0 fully saturated rings. The maximum absolute atomic E-state index is 13.3. The third-order valence-electron chi connectivity index (χ3n) is 4.45. The second kappa shape index (κ2) is 5.64. The molecule has 2 heterocycles. The Kier molecular flexibility index (Phi) is 3.45. The maximum Gasteiger partial charge on any atom is 0.266 e. The number of aliphatic imine (C=N–C) groups is 1. The first-order valence-corrected chi connectivity index (χ1v) is 8.18. The van der Waals surface area contributed by atoms with Crippen LogP contribution in [-0.2, 0) is 0 Å². The summed E-state index contributed by atoms with van der Waals surface area (Å²) in [6.07, 6.45) is 0. The van der Waals surface area contributed by atoms with Gasteiger partial charge in [0, 0.05) is 23.3 Å². The molecule has 120 valence electrons. The summed E-state index contributed by atoms with van der Waals surface area (Å²) in [5.41, 5.74) is 4.10. The lowest BCUT2D eigenvalue weighted by molar-refractivity contribution is 0.788. The molecule has 1 atom stereocenters. The molecule has 1 aliphatic heterocycles. The number of hydrogen-bond acceptors (Lipinski definition) is 3. The van der Waals surface area contributed by atoms with Crippen LogP contribution in [0, 0.1) is 0 Å². The molecule has 0 unspecified atom stereocenters. The topological polar surface area (TPSA) is 46.4 Å². The van der Waals surface area contributed by atoms with Crippen molar-refractivity contribution in [1.29, 1.82) is 0 Å². The number of nitrogens with one attached hydrogen (secondary N) is 1. The van der Waals surface area contributed by atoms with Crippen molar-refractivity contribution < 1.29 is 0 Å². The Balaban J connectivity index is 2.17. The molecule has 4 nitrogen and oxygen atoms in total. The fourth-order valence-corrected chi connectivity index (χ4v) is 3.39. The van der Waals surface area contributed by atoms with Crippen molar-refractivity contribution in [2.45, 2.75) is 19.9 Å². The van der Waals surface area contributed by atoms with Crippen LogP contribution in [0.4, 0.5) is 5.69 Å². The number of fused-ring (bicyclic) bond motifs is 3. The van der Waals surface area contributed by atoms with Crippen molar-refractivity contribution in [3.05, 3.63) is 70.5 Å². The highest BCUT2D eigenvalue weighted by molar-refractivity contribution is 6.10. The number of para-hydroxylation sites is 2. The number of benzene rings is 2. The van der Waals surface area contributed by atoms with Crippen molar-refractivity contribution in [2.75, 3.05) is 11.9 Å². The van der Waals surface area contributed by atoms with Crippen LogP contribution in [0.2, 0.25) is 0 Å². The van der Waals surface area contributed by atoms with E-state index >= 15 is 0 Å². The SMILES string of the molecule is CC1=N[C@@H](C)CNc2c1c(=O)n(-c1ccccc1)c1ccccc21. The molecule has 1 N–H and O–H groups in total. The van der Waals surface area contributed by atoms with E-state index in [1.807, 2.05) is 55.5 Å². The van der Waals surface area contributed by atoms with Gasteiger partial charge in [-0.3, -0.25) is 14.4 Å². The molecular formula is C20H19N3O.